The molecule has 3 rings (SSSR count). The monoisotopic (exact) mass is 402 g/mol. The van der Waals surface area contributed by atoms with Crippen LogP contribution >= 0.6 is 27.7 Å². The predicted molar refractivity (Wildman–Crippen MR) is 99.6 cm³/mol. The van der Waals surface area contributed by atoms with Crippen molar-refractivity contribution in [3.8, 4) is 5.69 Å². The van der Waals surface area contributed by atoms with Crippen molar-refractivity contribution >= 4 is 39.3 Å². The molecule has 1 heterocycles. The fraction of sp³-hybridized carbons (Fsp3) is 0.118. The van der Waals surface area contributed by atoms with Gasteiger partial charge in [0, 0.05) is 15.8 Å². The quantitative estimate of drug-likeness (QED) is 0.653. The van der Waals surface area contributed by atoms with Gasteiger partial charge in [-0.15, -0.1) is 10.2 Å². The second kappa shape index (κ2) is 7.63. The maximum atomic E-state index is 12.1. The van der Waals surface area contributed by atoms with E-state index in [2.05, 4.69) is 31.4 Å². The highest BCUT2D eigenvalue weighted by molar-refractivity contribution is 9.10. The molecule has 7 heteroatoms. The zero-order chi connectivity index (χ0) is 16.9. The number of hydrogen-bond acceptors (Lipinski definition) is 4. The number of amides is 1. The van der Waals surface area contributed by atoms with Gasteiger partial charge in [-0.25, -0.2) is 0 Å². The van der Waals surface area contributed by atoms with Gasteiger partial charge in [-0.1, -0.05) is 52.0 Å². The summed E-state index contributed by atoms with van der Waals surface area (Å²) in [4.78, 5) is 12.1. The third kappa shape index (κ3) is 4.04. The molecule has 0 saturated heterocycles. The van der Waals surface area contributed by atoms with Gasteiger partial charge >= 0.3 is 0 Å². The Morgan fingerprint density at radius 2 is 2.04 bits per heavy atom. The first kappa shape index (κ1) is 16.7. The molecule has 122 valence electrons. The van der Waals surface area contributed by atoms with Crippen molar-refractivity contribution in [3.63, 3.8) is 0 Å². The Labute approximate surface area is 152 Å². The SMILES string of the molecule is Cc1ccc(NC(=O)CSc2nncn2-c2ccccc2)cc1Br. The number of halogens is 1. The lowest BCUT2D eigenvalue weighted by molar-refractivity contribution is -0.113. The lowest BCUT2D eigenvalue weighted by atomic mass is 10.2. The number of carbonyl (C=O) groups is 1. The zero-order valence-electron chi connectivity index (χ0n) is 12.9. The van der Waals surface area contributed by atoms with Crippen molar-refractivity contribution in [2.45, 2.75) is 12.1 Å². The Morgan fingerprint density at radius 1 is 1.25 bits per heavy atom. The molecular weight excluding hydrogens is 388 g/mol. The van der Waals surface area contributed by atoms with Gasteiger partial charge in [0.1, 0.15) is 6.33 Å². The van der Waals surface area contributed by atoms with Crippen LogP contribution in [-0.4, -0.2) is 26.4 Å². The standard InChI is InChI=1S/C17H15BrN4OS/c1-12-7-8-13(9-15(12)18)20-16(23)10-24-17-21-19-11-22(17)14-5-3-2-4-6-14/h2-9,11H,10H2,1H3,(H,20,23). The lowest BCUT2D eigenvalue weighted by Crippen LogP contribution is -2.14. The minimum Gasteiger partial charge on any atom is -0.325 e. The van der Waals surface area contributed by atoms with Gasteiger partial charge in [0.25, 0.3) is 0 Å². The van der Waals surface area contributed by atoms with E-state index in [0.717, 1.165) is 21.4 Å². The molecule has 0 bridgehead atoms. The van der Waals surface area contributed by atoms with E-state index in [-0.39, 0.29) is 11.7 Å². The summed E-state index contributed by atoms with van der Waals surface area (Å²) in [7, 11) is 0. The molecule has 1 amide bonds. The summed E-state index contributed by atoms with van der Waals surface area (Å²) >= 11 is 4.81. The molecule has 0 fully saturated rings. The van der Waals surface area contributed by atoms with Crippen LogP contribution in [0.4, 0.5) is 5.69 Å². The maximum absolute atomic E-state index is 12.1. The molecule has 0 radical (unpaired) electrons. The third-order valence-corrected chi connectivity index (χ3v) is 5.14. The molecule has 0 aliphatic heterocycles. The minimum absolute atomic E-state index is 0.0848. The molecule has 1 aromatic heterocycles. The number of anilines is 1. The first-order valence-electron chi connectivity index (χ1n) is 7.28. The average molecular weight is 403 g/mol. The van der Waals surface area contributed by atoms with Crippen LogP contribution in [0.25, 0.3) is 5.69 Å². The van der Waals surface area contributed by atoms with Crippen molar-refractivity contribution in [2.24, 2.45) is 0 Å². The van der Waals surface area contributed by atoms with E-state index in [1.807, 2.05) is 60.0 Å². The molecule has 2 aromatic carbocycles. The normalized spacial score (nSPS) is 10.6. The van der Waals surface area contributed by atoms with E-state index in [1.54, 1.807) is 6.33 Å². The Bertz CT molecular complexity index is 851. The highest BCUT2D eigenvalue weighted by Gasteiger charge is 2.10. The number of nitrogens with one attached hydrogen (secondary N) is 1. The summed E-state index contributed by atoms with van der Waals surface area (Å²) in [5, 5.41) is 11.6. The molecule has 0 atom stereocenters. The molecule has 5 nitrogen and oxygen atoms in total. The molecule has 0 aliphatic rings. The van der Waals surface area contributed by atoms with Gasteiger partial charge in [0.2, 0.25) is 5.91 Å². The van der Waals surface area contributed by atoms with Crippen molar-refractivity contribution in [2.75, 3.05) is 11.1 Å². The Morgan fingerprint density at radius 3 is 2.79 bits per heavy atom. The molecule has 3 aromatic rings. The van der Waals surface area contributed by atoms with E-state index in [4.69, 9.17) is 0 Å². The number of benzene rings is 2. The van der Waals surface area contributed by atoms with Crippen LogP contribution in [0.2, 0.25) is 0 Å². The van der Waals surface area contributed by atoms with E-state index < -0.39 is 0 Å². The largest absolute Gasteiger partial charge is 0.325 e. The molecule has 0 saturated carbocycles. The van der Waals surface area contributed by atoms with Crippen LogP contribution in [0.15, 0.2) is 64.5 Å². The third-order valence-electron chi connectivity index (χ3n) is 3.34. The van der Waals surface area contributed by atoms with Gasteiger partial charge in [0.15, 0.2) is 5.16 Å². The number of rotatable bonds is 5. The number of aryl methyl sites for hydroxylation is 1. The van der Waals surface area contributed by atoms with Crippen LogP contribution in [-0.2, 0) is 4.79 Å². The van der Waals surface area contributed by atoms with Crippen LogP contribution in [0, 0.1) is 6.92 Å². The molecule has 24 heavy (non-hydrogen) atoms. The molecule has 1 N–H and O–H groups in total. The van der Waals surface area contributed by atoms with E-state index >= 15 is 0 Å². The van der Waals surface area contributed by atoms with Crippen LogP contribution in [0.1, 0.15) is 5.56 Å². The topological polar surface area (TPSA) is 59.8 Å². The smallest absolute Gasteiger partial charge is 0.234 e. The predicted octanol–water partition coefficient (Wildman–Crippen LogP) is 4.07. The van der Waals surface area contributed by atoms with Crippen LogP contribution < -0.4 is 5.32 Å². The zero-order valence-corrected chi connectivity index (χ0v) is 15.3. The highest BCUT2D eigenvalue weighted by atomic mass is 79.9. The van der Waals surface area contributed by atoms with Gasteiger partial charge < -0.3 is 5.32 Å². The highest BCUT2D eigenvalue weighted by Crippen LogP contribution is 2.22. The fourth-order valence-electron chi connectivity index (χ4n) is 2.09. The van der Waals surface area contributed by atoms with Gasteiger partial charge in [0.05, 0.1) is 5.75 Å². The summed E-state index contributed by atoms with van der Waals surface area (Å²) in [6.07, 6.45) is 1.65. The van der Waals surface area contributed by atoms with Crippen molar-refractivity contribution in [1.82, 2.24) is 14.8 Å². The van der Waals surface area contributed by atoms with Crippen molar-refractivity contribution in [1.29, 1.82) is 0 Å². The van der Waals surface area contributed by atoms with Gasteiger partial charge in [-0.3, -0.25) is 9.36 Å². The summed E-state index contributed by atoms with van der Waals surface area (Å²) in [5.41, 5.74) is 2.86. The summed E-state index contributed by atoms with van der Waals surface area (Å²) in [6, 6.07) is 15.5. The van der Waals surface area contributed by atoms with Crippen molar-refractivity contribution in [3.05, 3.63) is 64.9 Å². The fourth-order valence-corrected chi connectivity index (χ4v) is 3.19. The van der Waals surface area contributed by atoms with Gasteiger partial charge in [-0.05, 0) is 36.8 Å². The Kier molecular flexibility index (Phi) is 5.32. The number of thioether (sulfide) groups is 1. The second-order valence-electron chi connectivity index (χ2n) is 5.12. The lowest BCUT2D eigenvalue weighted by Gasteiger charge is -2.08. The minimum atomic E-state index is -0.0848. The van der Waals surface area contributed by atoms with E-state index in [0.29, 0.717) is 5.16 Å². The van der Waals surface area contributed by atoms with E-state index in [1.165, 1.54) is 11.8 Å². The number of hydrogen-bond donors (Lipinski definition) is 1. The first-order chi connectivity index (χ1) is 11.6. The molecule has 0 aliphatic carbocycles. The Balaban J connectivity index is 1.63. The average Bonchev–Trinajstić information content (AvgIpc) is 3.06. The van der Waals surface area contributed by atoms with E-state index in [9.17, 15) is 4.79 Å². The van der Waals surface area contributed by atoms with Crippen LogP contribution in [0.3, 0.4) is 0 Å². The van der Waals surface area contributed by atoms with Gasteiger partial charge in [-0.2, -0.15) is 0 Å². The molecular formula is C17H15BrN4OS. The van der Waals surface area contributed by atoms with Crippen molar-refractivity contribution < 1.29 is 4.79 Å². The van der Waals surface area contributed by atoms with Crippen LogP contribution in [0.5, 0.6) is 0 Å². The number of aromatic nitrogens is 3. The summed E-state index contributed by atoms with van der Waals surface area (Å²) < 4.78 is 2.83. The Hall–Kier alpha value is -2.12. The maximum Gasteiger partial charge on any atom is 0.234 e. The first-order valence-corrected chi connectivity index (χ1v) is 9.05. The molecule has 0 spiro atoms. The number of nitrogens with zero attached hydrogens (tertiary/aromatic N) is 3. The second-order valence-corrected chi connectivity index (χ2v) is 6.92. The number of carbonyl (C=O) groups excluding carboxylic acids is 1. The molecule has 0 unspecified atom stereocenters. The summed E-state index contributed by atoms with van der Waals surface area (Å²) in [5.74, 6) is 0.176. The number of para-hydroxylation sites is 1. The summed E-state index contributed by atoms with van der Waals surface area (Å²) in [6.45, 7) is 2.00.